The molecular weight excluding hydrogens is 408 g/mol. The lowest BCUT2D eigenvalue weighted by Gasteiger charge is -2.25. The Bertz CT molecular complexity index is 896. The average molecular weight is 441 g/mol. The molecule has 172 valence electrons. The van der Waals surface area contributed by atoms with Crippen LogP contribution in [0.3, 0.4) is 0 Å². The summed E-state index contributed by atoms with van der Waals surface area (Å²) < 4.78 is 16.1. The minimum Gasteiger partial charge on any atom is -0.494 e. The number of nitrogens with one attached hydrogen (secondary N) is 1. The van der Waals surface area contributed by atoms with Gasteiger partial charge in [-0.15, -0.1) is 0 Å². The monoisotopic (exact) mass is 440 g/mol. The van der Waals surface area contributed by atoms with Gasteiger partial charge in [0.05, 0.1) is 13.7 Å². The highest BCUT2D eigenvalue weighted by atomic mass is 16.6. The van der Waals surface area contributed by atoms with Gasteiger partial charge < -0.3 is 19.5 Å². The van der Waals surface area contributed by atoms with Crippen LogP contribution in [0.15, 0.2) is 48.5 Å². The third-order valence-corrected chi connectivity index (χ3v) is 5.11. The molecule has 1 N–H and O–H groups in total. The van der Waals surface area contributed by atoms with E-state index >= 15 is 0 Å². The van der Waals surface area contributed by atoms with Crippen molar-refractivity contribution in [3.05, 3.63) is 65.2 Å². The zero-order valence-corrected chi connectivity index (χ0v) is 19.2. The second-order valence-corrected chi connectivity index (χ2v) is 8.80. The molecule has 0 saturated carbocycles. The number of alkyl carbamates (subject to hydrolysis) is 1. The number of amides is 1. The molecule has 1 amide bonds. The van der Waals surface area contributed by atoms with Crippen molar-refractivity contribution in [3.63, 3.8) is 0 Å². The number of esters is 1. The number of ether oxygens (including phenoxy) is 3. The van der Waals surface area contributed by atoms with Crippen LogP contribution in [0.25, 0.3) is 0 Å². The molecule has 32 heavy (non-hydrogen) atoms. The summed E-state index contributed by atoms with van der Waals surface area (Å²) in [6, 6.07) is 15.3. The van der Waals surface area contributed by atoms with E-state index in [4.69, 9.17) is 14.2 Å². The highest BCUT2D eigenvalue weighted by Gasteiger charge is 2.32. The number of carbonyl (C=O) groups excluding carboxylic acids is 2. The van der Waals surface area contributed by atoms with Gasteiger partial charge in [0, 0.05) is 19.6 Å². The molecule has 0 aromatic heterocycles. The van der Waals surface area contributed by atoms with E-state index in [-0.39, 0.29) is 5.97 Å². The highest BCUT2D eigenvalue weighted by Crippen LogP contribution is 2.32. The summed E-state index contributed by atoms with van der Waals surface area (Å²) in [5, 5.41) is 2.71. The highest BCUT2D eigenvalue weighted by molar-refractivity contribution is 5.77. The first-order chi connectivity index (χ1) is 15.3. The fourth-order valence-electron chi connectivity index (χ4n) is 3.66. The van der Waals surface area contributed by atoms with Crippen molar-refractivity contribution in [2.75, 3.05) is 20.3 Å². The Kier molecular flexibility index (Phi) is 7.75. The zero-order valence-electron chi connectivity index (χ0n) is 19.2. The first-order valence-electron chi connectivity index (χ1n) is 10.8. The molecular formula is C25H32N2O5. The Balaban J connectivity index is 1.52. The van der Waals surface area contributed by atoms with Gasteiger partial charge in [-0.05, 0) is 56.0 Å². The fraction of sp³-hybridized carbons (Fsp3) is 0.440. The third-order valence-electron chi connectivity index (χ3n) is 5.11. The lowest BCUT2D eigenvalue weighted by molar-refractivity contribution is -0.147. The van der Waals surface area contributed by atoms with Crippen LogP contribution in [0.4, 0.5) is 4.79 Å². The van der Waals surface area contributed by atoms with Gasteiger partial charge in [0.2, 0.25) is 0 Å². The van der Waals surface area contributed by atoms with Crippen molar-refractivity contribution >= 4 is 12.1 Å². The molecule has 1 heterocycles. The van der Waals surface area contributed by atoms with Crippen molar-refractivity contribution in [2.24, 2.45) is 0 Å². The molecule has 0 bridgehead atoms. The minimum absolute atomic E-state index is 0.278. The average Bonchev–Trinajstić information content (AvgIpc) is 3.16. The van der Waals surface area contributed by atoms with E-state index < -0.39 is 17.7 Å². The van der Waals surface area contributed by atoms with Crippen LogP contribution in [0.1, 0.15) is 49.9 Å². The van der Waals surface area contributed by atoms with E-state index in [1.807, 2.05) is 57.2 Å². The molecule has 0 spiro atoms. The summed E-state index contributed by atoms with van der Waals surface area (Å²) in [6.07, 6.45) is 0.220. The maximum Gasteiger partial charge on any atom is 0.407 e. The van der Waals surface area contributed by atoms with Gasteiger partial charge in [-0.2, -0.15) is 0 Å². The van der Waals surface area contributed by atoms with E-state index in [9.17, 15) is 9.59 Å². The molecule has 1 aliphatic rings. The Labute approximate surface area is 189 Å². The maximum atomic E-state index is 12.6. The quantitative estimate of drug-likeness (QED) is 0.489. The summed E-state index contributed by atoms with van der Waals surface area (Å²) in [5.74, 6) is 0.430. The molecule has 2 aromatic rings. The zero-order chi connectivity index (χ0) is 23.1. The van der Waals surface area contributed by atoms with Crippen LogP contribution in [-0.2, 0) is 27.4 Å². The van der Waals surface area contributed by atoms with Crippen molar-refractivity contribution in [1.82, 2.24) is 10.2 Å². The van der Waals surface area contributed by atoms with Gasteiger partial charge in [-0.1, -0.05) is 36.4 Å². The van der Waals surface area contributed by atoms with Crippen LogP contribution >= 0.6 is 0 Å². The molecule has 1 atom stereocenters. The van der Waals surface area contributed by atoms with Crippen LogP contribution in [0.2, 0.25) is 0 Å². The first-order valence-corrected chi connectivity index (χ1v) is 10.8. The van der Waals surface area contributed by atoms with E-state index in [0.29, 0.717) is 38.4 Å². The number of hydrogen-bond acceptors (Lipinski definition) is 6. The summed E-state index contributed by atoms with van der Waals surface area (Å²) in [4.78, 5) is 26.3. The van der Waals surface area contributed by atoms with Crippen LogP contribution in [0.5, 0.6) is 5.75 Å². The Morgan fingerprint density at radius 2 is 1.66 bits per heavy atom. The second kappa shape index (κ2) is 10.5. The number of carbonyl (C=O) groups is 2. The summed E-state index contributed by atoms with van der Waals surface area (Å²) >= 11 is 0. The first kappa shape index (κ1) is 23.6. The molecule has 7 heteroatoms. The normalized spacial score (nSPS) is 14.4. The van der Waals surface area contributed by atoms with Gasteiger partial charge in [0.25, 0.3) is 0 Å². The standard InChI is InChI=1S/C25H32N2O5/c1-25(2,3)32-24(29)26-14-7-15-31-21-12-10-18(11-13-21)22(23(28)30-4)27-16-19-8-5-6-9-20(19)17-27/h5-6,8-13,22H,7,14-17H2,1-4H3,(H,26,29)/t22-/m0/s1. The number of methoxy groups -OCH3 is 1. The molecule has 7 nitrogen and oxygen atoms in total. The largest absolute Gasteiger partial charge is 0.494 e. The summed E-state index contributed by atoms with van der Waals surface area (Å²) in [7, 11) is 1.42. The number of nitrogens with zero attached hydrogens (tertiary/aromatic N) is 1. The summed E-state index contributed by atoms with van der Waals surface area (Å²) in [5.41, 5.74) is 2.83. The lowest BCUT2D eigenvalue weighted by atomic mass is 10.1. The molecule has 0 radical (unpaired) electrons. The SMILES string of the molecule is COC(=O)[C@H](c1ccc(OCCCNC(=O)OC(C)(C)C)cc1)N1Cc2ccccc2C1. The number of fused-ring (bicyclic) bond motifs is 1. The van der Waals surface area contributed by atoms with Crippen LogP contribution < -0.4 is 10.1 Å². The Hall–Kier alpha value is -3.06. The van der Waals surface area contributed by atoms with E-state index in [2.05, 4.69) is 22.3 Å². The van der Waals surface area contributed by atoms with Crippen molar-refractivity contribution in [1.29, 1.82) is 0 Å². The smallest absolute Gasteiger partial charge is 0.407 e. The molecule has 0 unspecified atom stereocenters. The topological polar surface area (TPSA) is 77.1 Å². The predicted molar refractivity (Wildman–Crippen MR) is 121 cm³/mol. The fourth-order valence-corrected chi connectivity index (χ4v) is 3.66. The minimum atomic E-state index is -0.512. The van der Waals surface area contributed by atoms with Gasteiger partial charge in [0.1, 0.15) is 17.4 Å². The maximum absolute atomic E-state index is 12.6. The molecule has 1 aliphatic heterocycles. The number of hydrogen-bond donors (Lipinski definition) is 1. The predicted octanol–water partition coefficient (Wildman–Crippen LogP) is 4.21. The molecule has 3 rings (SSSR count). The van der Waals surface area contributed by atoms with Crippen molar-refractivity contribution in [3.8, 4) is 5.75 Å². The molecule has 0 saturated heterocycles. The van der Waals surface area contributed by atoms with Crippen molar-refractivity contribution in [2.45, 2.75) is 51.9 Å². The van der Waals surface area contributed by atoms with Crippen LogP contribution in [0, 0.1) is 0 Å². The van der Waals surface area contributed by atoms with E-state index in [0.717, 1.165) is 5.56 Å². The number of rotatable bonds is 8. The number of benzene rings is 2. The van der Waals surface area contributed by atoms with Gasteiger partial charge >= 0.3 is 12.1 Å². The summed E-state index contributed by atoms with van der Waals surface area (Å²) in [6.45, 7) is 7.81. The Morgan fingerprint density at radius 1 is 1.03 bits per heavy atom. The van der Waals surface area contributed by atoms with Gasteiger partial charge in [0.15, 0.2) is 0 Å². The van der Waals surface area contributed by atoms with E-state index in [1.54, 1.807) is 0 Å². The lowest BCUT2D eigenvalue weighted by Crippen LogP contribution is -2.33. The van der Waals surface area contributed by atoms with E-state index in [1.165, 1.54) is 18.2 Å². The van der Waals surface area contributed by atoms with Gasteiger partial charge in [-0.25, -0.2) is 9.59 Å². The third kappa shape index (κ3) is 6.47. The second-order valence-electron chi connectivity index (χ2n) is 8.80. The Morgan fingerprint density at radius 3 is 2.22 bits per heavy atom. The van der Waals surface area contributed by atoms with Crippen LogP contribution in [-0.4, -0.2) is 42.8 Å². The van der Waals surface area contributed by atoms with Crippen molar-refractivity contribution < 1.29 is 23.8 Å². The molecule has 2 aromatic carbocycles. The molecule has 0 aliphatic carbocycles. The molecule has 0 fully saturated rings. The van der Waals surface area contributed by atoms with Gasteiger partial charge in [-0.3, -0.25) is 4.90 Å².